The van der Waals surface area contributed by atoms with E-state index in [-0.39, 0.29) is 5.75 Å². The summed E-state index contributed by atoms with van der Waals surface area (Å²) in [6, 6.07) is 11.0. The number of aromatic nitrogens is 3. The van der Waals surface area contributed by atoms with Gasteiger partial charge in [-0.2, -0.15) is 18.3 Å². The molecular weight excluding hydrogens is 505 g/mol. The van der Waals surface area contributed by atoms with Crippen molar-refractivity contribution >= 4 is 27.8 Å². The standard InChI is InChI=1S/C24H26N4O3.C2HF3O2/c1-14-20-21-18(22(26-24(20)28-27-14)16-3-5-17(29)6-4-16)7-8-19(30-2)23(21)31-13-15-9-11-25-12-10-15;3-2(4,5)1(6)7/h3-8,15,25,29H,9-13H2,1-2H3,(H,26,27,28);(H,6,7). The van der Waals surface area contributed by atoms with Crippen LogP contribution in [0.25, 0.3) is 33.1 Å². The third-order valence-electron chi connectivity index (χ3n) is 6.30. The van der Waals surface area contributed by atoms with Crippen LogP contribution in [0.1, 0.15) is 18.5 Å². The molecule has 0 saturated carbocycles. The number of benzene rings is 2. The summed E-state index contributed by atoms with van der Waals surface area (Å²) >= 11 is 0. The number of fused-ring (bicyclic) bond motifs is 3. The number of aromatic amines is 1. The Morgan fingerprint density at radius 1 is 1.11 bits per heavy atom. The van der Waals surface area contributed by atoms with E-state index in [0.717, 1.165) is 64.8 Å². The molecule has 0 bridgehead atoms. The summed E-state index contributed by atoms with van der Waals surface area (Å²) in [7, 11) is 1.67. The van der Waals surface area contributed by atoms with Crippen LogP contribution in [0.3, 0.4) is 0 Å². The lowest BCUT2D eigenvalue weighted by Gasteiger charge is -2.24. The highest BCUT2D eigenvalue weighted by Crippen LogP contribution is 2.43. The second-order valence-corrected chi connectivity index (χ2v) is 8.88. The second-order valence-electron chi connectivity index (χ2n) is 8.88. The number of carboxylic acid groups (broad SMARTS) is 1. The number of phenols is 1. The zero-order valence-electron chi connectivity index (χ0n) is 20.7. The van der Waals surface area contributed by atoms with Crippen molar-refractivity contribution < 1.29 is 37.7 Å². The molecule has 1 saturated heterocycles. The van der Waals surface area contributed by atoms with Gasteiger partial charge >= 0.3 is 12.1 Å². The number of hydrogen-bond acceptors (Lipinski definition) is 7. The van der Waals surface area contributed by atoms with Crippen LogP contribution in [-0.4, -0.2) is 64.3 Å². The Balaban J connectivity index is 0.000000426. The van der Waals surface area contributed by atoms with E-state index in [2.05, 4.69) is 15.5 Å². The topological polar surface area (TPSA) is 130 Å². The molecule has 0 unspecified atom stereocenters. The van der Waals surface area contributed by atoms with Crippen LogP contribution in [0.15, 0.2) is 36.4 Å². The van der Waals surface area contributed by atoms with Crippen LogP contribution >= 0.6 is 0 Å². The number of hydrogen-bond donors (Lipinski definition) is 4. The number of aryl methyl sites for hydroxylation is 1. The molecule has 0 amide bonds. The van der Waals surface area contributed by atoms with E-state index in [4.69, 9.17) is 24.4 Å². The molecule has 5 rings (SSSR count). The molecule has 0 aliphatic carbocycles. The van der Waals surface area contributed by atoms with Gasteiger partial charge in [-0.05, 0) is 75.2 Å². The fourth-order valence-corrected chi connectivity index (χ4v) is 4.36. The van der Waals surface area contributed by atoms with Gasteiger partial charge < -0.3 is 25.0 Å². The van der Waals surface area contributed by atoms with Crippen LogP contribution in [0.4, 0.5) is 13.2 Å². The molecule has 202 valence electrons. The van der Waals surface area contributed by atoms with Gasteiger partial charge in [-0.1, -0.05) is 0 Å². The van der Waals surface area contributed by atoms with Gasteiger partial charge in [-0.15, -0.1) is 0 Å². The lowest BCUT2D eigenvalue weighted by Crippen LogP contribution is -2.30. The number of piperidine rings is 1. The second kappa shape index (κ2) is 11.1. The van der Waals surface area contributed by atoms with Crippen molar-refractivity contribution in [3.63, 3.8) is 0 Å². The summed E-state index contributed by atoms with van der Waals surface area (Å²) < 4.78 is 43.9. The monoisotopic (exact) mass is 532 g/mol. The Labute approximate surface area is 215 Å². The van der Waals surface area contributed by atoms with Gasteiger partial charge in [0.05, 0.1) is 24.8 Å². The molecule has 1 aliphatic rings. The smallest absolute Gasteiger partial charge is 0.490 e. The molecule has 9 nitrogen and oxygen atoms in total. The minimum absolute atomic E-state index is 0.220. The fraction of sp³-hybridized carbons (Fsp3) is 0.346. The number of nitrogens with one attached hydrogen (secondary N) is 2. The largest absolute Gasteiger partial charge is 0.508 e. The lowest BCUT2D eigenvalue weighted by atomic mass is 9.98. The number of carbonyl (C=O) groups is 1. The number of aliphatic carboxylic acids is 1. The quantitative estimate of drug-likeness (QED) is 0.288. The number of rotatable bonds is 5. The molecule has 1 fully saturated rings. The number of halogens is 3. The number of methoxy groups -OCH3 is 1. The van der Waals surface area contributed by atoms with Crippen LogP contribution in [0, 0.1) is 12.8 Å². The van der Waals surface area contributed by atoms with Gasteiger partial charge in [0.25, 0.3) is 0 Å². The minimum Gasteiger partial charge on any atom is -0.508 e. The summed E-state index contributed by atoms with van der Waals surface area (Å²) in [5.74, 6) is -0.591. The van der Waals surface area contributed by atoms with Crippen LogP contribution in [-0.2, 0) is 4.79 Å². The average molecular weight is 533 g/mol. The maximum Gasteiger partial charge on any atom is 0.490 e. The summed E-state index contributed by atoms with van der Waals surface area (Å²) in [4.78, 5) is 13.7. The summed E-state index contributed by atoms with van der Waals surface area (Å²) in [5, 5.41) is 30.6. The van der Waals surface area contributed by atoms with Crippen molar-refractivity contribution in [3.8, 4) is 28.5 Å². The number of carboxylic acids is 1. The molecule has 3 heterocycles. The van der Waals surface area contributed by atoms with E-state index in [0.29, 0.717) is 23.9 Å². The van der Waals surface area contributed by atoms with Gasteiger partial charge in [-0.25, -0.2) is 9.78 Å². The number of H-pyrrole nitrogens is 1. The average Bonchev–Trinajstić information content (AvgIpc) is 3.27. The third kappa shape index (κ3) is 5.75. The van der Waals surface area contributed by atoms with Crippen molar-refractivity contribution in [1.29, 1.82) is 0 Å². The molecule has 0 spiro atoms. The number of aromatic hydroxyl groups is 1. The molecule has 1 aliphatic heterocycles. The number of phenolic OH excluding ortho intramolecular Hbond substituents is 1. The first-order valence-electron chi connectivity index (χ1n) is 11.9. The van der Waals surface area contributed by atoms with Crippen LogP contribution in [0.2, 0.25) is 0 Å². The van der Waals surface area contributed by atoms with E-state index in [9.17, 15) is 18.3 Å². The van der Waals surface area contributed by atoms with E-state index in [1.54, 1.807) is 19.2 Å². The number of nitrogens with zero attached hydrogens (tertiary/aromatic N) is 2. The first-order chi connectivity index (χ1) is 18.1. The molecule has 4 aromatic rings. The molecule has 38 heavy (non-hydrogen) atoms. The SMILES string of the molecule is COc1ccc2c(-c3ccc(O)cc3)nc3n[nH]c(C)c3c2c1OCC1CCNCC1.O=C(O)C(F)(F)F. The van der Waals surface area contributed by atoms with Crippen molar-refractivity contribution in [2.24, 2.45) is 5.92 Å². The molecule has 0 atom stereocenters. The highest BCUT2D eigenvalue weighted by atomic mass is 19.4. The van der Waals surface area contributed by atoms with Crippen molar-refractivity contribution in [3.05, 3.63) is 42.1 Å². The Hall–Kier alpha value is -4.06. The van der Waals surface area contributed by atoms with Gasteiger partial charge in [0, 0.05) is 22.0 Å². The zero-order valence-corrected chi connectivity index (χ0v) is 20.7. The Bertz CT molecular complexity index is 1430. The predicted molar refractivity (Wildman–Crippen MR) is 135 cm³/mol. The normalized spacial score (nSPS) is 14.2. The fourth-order valence-electron chi connectivity index (χ4n) is 4.36. The number of ether oxygens (including phenoxy) is 2. The number of alkyl halides is 3. The maximum absolute atomic E-state index is 10.6. The summed E-state index contributed by atoms with van der Waals surface area (Å²) in [6.07, 6.45) is -2.87. The van der Waals surface area contributed by atoms with Crippen molar-refractivity contribution in [1.82, 2.24) is 20.5 Å². The molecule has 2 aromatic heterocycles. The van der Waals surface area contributed by atoms with E-state index in [1.165, 1.54) is 0 Å². The van der Waals surface area contributed by atoms with Crippen molar-refractivity contribution in [2.45, 2.75) is 25.9 Å². The highest BCUT2D eigenvalue weighted by molar-refractivity contribution is 6.14. The Morgan fingerprint density at radius 2 is 1.76 bits per heavy atom. The van der Waals surface area contributed by atoms with E-state index in [1.807, 2.05) is 31.2 Å². The van der Waals surface area contributed by atoms with Crippen LogP contribution < -0.4 is 14.8 Å². The van der Waals surface area contributed by atoms with Gasteiger partial charge in [0.1, 0.15) is 5.75 Å². The van der Waals surface area contributed by atoms with Gasteiger partial charge in [0.15, 0.2) is 17.1 Å². The first-order valence-corrected chi connectivity index (χ1v) is 11.9. The van der Waals surface area contributed by atoms with E-state index < -0.39 is 12.1 Å². The molecular formula is C26H27F3N4O5. The Kier molecular flexibility index (Phi) is 7.91. The zero-order chi connectivity index (χ0) is 27.4. The lowest BCUT2D eigenvalue weighted by molar-refractivity contribution is -0.192. The molecule has 12 heteroatoms. The van der Waals surface area contributed by atoms with E-state index >= 15 is 0 Å². The minimum atomic E-state index is -5.08. The molecule has 0 radical (unpaired) electrons. The molecule has 2 aromatic carbocycles. The first kappa shape index (κ1) is 27.0. The summed E-state index contributed by atoms with van der Waals surface area (Å²) in [5.41, 5.74) is 3.26. The van der Waals surface area contributed by atoms with Gasteiger partial charge in [0.2, 0.25) is 0 Å². The maximum atomic E-state index is 10.6. The van der Waals surface area contributed by atoms with Crippen molar-refractivity contribution in [2.75, 3.05) is 26.8 Å². The summed E-state index contributed by atoms with van der Waals surface area (Å²) in [6.45, 7) is 4.70. The third-order valence-corrected chi connectivity index (χ3v) is 6.30. The Morgan fingerprint density at radius 3 is 2.37 bits per heavy atom. The molecule has 4 N–H and O–H groups in total. The van der Waals surface area contributed by atoms with Crippen LogP contribution in [0.5, 0.6) is 17.2 Å². The predicted octanol–water partition coefficient (Wildman–Crippen LogP) is 4.81. The van der Waals surface area contributed by atoms with Gasteiger partial charge in [-0.3, -0.25) is 5.10 Å². The number of pyridine rings is 1. The highest BCUT2D eigenvalue weighted by Gasteiger charge is 2.38.